The largest absolute Gasteiger partial charge is 0.488 e. The molecule has 1 heterocycles. The predicted octanol–water partition coefficient (Wildman–Crippen LogP) is 2.80. The lowest BCUT2D eigenvalue weighted by atomic mass is 10.1. The highest BCUT2D eigenvalue weighted by atomic mass is 16.5. The zero-order valence-corrected chi connectivity index (χ0v) is 20.1. The summed E-state index contributed by atoms with van der Waals surface area (Å²) < 4.78 is 12.9. The molecule has 2 N–H and O–H groups in total. The lowest BCUT2D eigenvalue weighted by molar-refractivity contribution is 0.0469. The van der Waals surface area contributed by atoms with E-state index in [9.17, 15) is 19.2 Å². The summed E-state index contributed by atoms with van der Waals surface area (Å²) in [5.41, 5.74) is 5.96. The maximum Gasteiger partial charge on any atom is 0.342 e. The van der Waals surface area contributed by atoms with Gasteiger partial charge in [-0.15, -0.1) is 0 Å². The second kappa shape index (κ2) is 11.2. The summed E-state index contributed by atoms with van der Waals surface area (Å²) >= 11 is 0. The molecule has 9 nitrogen and oxygen atoms in total. The van der Waals surface area contributed by atoms with Gasteiger partial charge in [0, 0.05) is 7.05 Å². The molecule has 0 aliphatic carbocycles. The van der Waals surface area contributed by atoms with E-state index in [1.807, 2.05) is 36.4 Å². The smallest absolute Gasteiger partial charge is 0.342 e. The standard InChI is InChI=1S/C28H25N3O6/c1-30-26(33)24(25(29)31(28(30)35)16-19-10-4-2-5-11-19)22(32)18-37-27(34)21-14-8-9-15-23(21)36-17-20-12-6-3-7-13-20/h2-15H,16-18,29H2,1H3. The van der Waals surface area contributed by atoms with E-state index in [0.717, 1.165) is 20.3 Å². The van der Waals surface area contributed by atoms with E-state index in [1.165, 1.54) is 13.1 Å². The van der Waals surface area contributed by atoms with E-state index in [0.29, 0.717) is 0 Å². The van der Waals surface area contributed by atoms with Gasteiger partial charge in [-0.2, -0.15) is 0 Å². The van der Waals surface area contributed by atoms with Crippen molar-refractivity contribution in [3.05, 3.63) is 128 Å². The number of ketones is 1. The topological polar surface area (TPSA) is 123 Å². The summed E-state index contributed by atoms with van der Waals surface area (Å²) in [5.74, 6) is -1.62. The number of rotatable bonds is 9. The Balaban J connectivity index is 1.52. The number of hydrogen-bond donors (Lipinski definition) is 1. The molecule has 0 fully saturated rings. The third kappa shape index (κ3) is 5.67. The van der Waals surface area contributed by atoms with Crippen LogP contribution in [0.4, 0.5) is 5.82 Å². The Bertz CT molecular complexity index is 1540. The number of esters is 1. The molecule has 3 aromatic carbocycles. The minimum Gasteiger partial charge on any atom is -0.488 e. The molecule has 0 aliphatic heterocycles. The zero-order valence-electron chi connectivity index (χ0n) is 20.1. The van der Waals surface area contributed by atoms with Gasteiger partial charge in [0.25, 0.3) is 5.56 Å². The average molecular weight is 500 g/mol. The minimum absolute atomic E-state index is 0.0613. The van der Waals surface area contributed by atoms with Crippen LogP contribution in [-0.2, 0) is 24.9 Å². The number of carbonyl (C=O) groups excluding carboxylic acids is 2. The van der Waals surface area contributed by atoms with E-state index in [-0.39, 0.29) is 30.3 Å². The monoisotopic (exact) mass is 499 g/mol. The van der Waals surface area contributed by atoms with E-state index in [2.05, 4.69) is 0 Å². The third-order valence-corrected chi connectivity index (χ3v) is 5.72. The first kappa shape index (κ1) is 25.2. The Kier molecular flexibility index (Phi) is 7.63. The normalized spacial score (nSPS) is 10.6. The van der Waals surface area contributed by atoms with Crippen LogP contribution in [-0.4, -0.2) is 27.5 Å². The molecule has 0 bridgehead atoms. The number of nitrogen functional groups attached to an aromatic ring is 1. The van der Waals surface area contributed by atoms with Crippen molar-refractivity contribution < 1.29 is 19.1 Å². The molecular weight excluding hydrogens is 474 g/mol. The van der Waals surface area contributed by atoms with Crippen molar-refractivity contribution in [1.82, 2.24) is 9.13 Å². The molecule has 0 atom stereocenters. The molecule has 4 aromatic rings. The van der Waals surface area contributed by atoms with Gasteiger partial charge in [0.2, 0.25) is 5.78 Å². The Labute approximate surface area is 212 Å². The Morgan fingerprint density at radius 1 is 0.838 bits per heavy atom. The second-order valence-corrected chi connectivity index (χ2v) is 8.25. The summed E-state index contributed by atoms with van der Waals surface area (Å²) in [6.45, 7) is -0.444. The molecule has 0 amide bonds. The second-order valence-electron chi connectivity index (χ2n) is 8.25. The van der Waals surface area contributed by atoms with Gasteiger partial charge < -0.3 is 15.2 Å². The fourth-order valence-corrected chi connectivity index (χ4v) is 3.74. The van der Waals surface area contributed by atoms with Crippen molar-refractivity contribution in [3.8, 4) is 5.75 Å². The lowest BCUT2D eigenvalue weighted by Crippen LogP contribution is -2.43. The van der Waals surface area contributed by atoms with Gasteiger partial charge in [-0.25, -0.2) is 9.59 Å². The van der Waals surface area contributed by atoms with Crippen LogP contribution in [0.5, 0.6) is 5.75 Å². The summed E-state index contributed by atoms with van der Waals surface area (Å²) in [5, 5.41) is 0. The van der Waals surface area contributed by atoms with Gasteiger partial charge in [0.1, 0.15) is 29.3 Å². The molecule has 0 unspecified atom stereocenters. The van der Waals surface area contributed by atoms with Crippen LogP contribution in [0.15, 0.2) is 94.5 Å². The van der Waals surface area contributed by atoms with Crippen molar-refractivity contribution in [2.24, 2.45) is 7.05 Å². The van der Waals surface area contributed by atoms with Crippen LogP contribution in [0.3, 0.4) is 0 Å². The van der Waals surface area contributed by atoms with Crippen molar-refractivity contribution in [2.75, 3.05) is 12.3 Å². The molecule has 0 saturated heterocycles. The maximum absolute atomic E-state index is 13.0. The maximum atomic E-state index is 13.0. The summed E-state index contributed by atoms with van der Waals surface area (Å²) in [6.07, 6.45) is 0. The van der Waals surface area contributed by atoms with Crippen LogP contribution in [0.1, 0.15) is 31.8 Å². The highest BCUT2D eigenvalue weighted by Crippen LogP contribution is 2.21. The van der Waals surface area contributed by atoms with Crippen LogP contribution >= 0.6 is 0 Å². The summed E-state index contributed by atoms with van der Waals surface area (Å²) in [7, 11) is 1.26. The number of hydrogen-bond acceptors (Lipinski definition) is 7. The van der Waals surface area contributed by atoms with Gasteiger partial charge >= 0.3 is 11.7 Å². The van der Waals surface area contributed by atoms with E-state index in [1.54, 1.807) is 42.5 Å². The molecule has 4 rings (SSSR count). The van der Waals surface area contributed by atoms with Gasteiger partial charge in [-0.1, -0.05) is 72.8 Å². The number of carbonyl (C=O) groups is 2. The predicted molar refractivity (Wildman–Crippen MR) is 138 cm³/mol. The van der Waals surface area contributed by atoms with Crippen molar-refractivity contribution in [2.45, 2.75) is 13.2 Å². The SMILES string of the molecule is Cn1c(=O)c(C(=O)COC(=O)c2ccccc2OCc2ccccc2)c(N)n(Cc2ccccc2)c1=O. The van der Waals surface area contributed by atoms with Crippen LogP contribution in [0.2, 0.25) is 0 Å². The quantitative estimate of drug-likeness (QED) is 0.278. The number of benzene rings is 3. The number of para-hydroxylation sites is 1. The Morgan fingerprint density at radius 3 is 2.11 bits per heavy atom. The van der Waals surface area contributed by atoms with E-state index >= 15 is 0 Å². The molecule has 0 spiro atoms. The van der Waals surface area contributed by atoms with Gasteiger partial charge in [0.15, 0.2) is 6.61 Å². The number of anilines is 1. The van der Waals surface area contributed by atoms with Crippen LogP contribution < -0.4 is 21.7 Å². The zero-order chi connectivity index (χ0) is 26.4. The number of aromatic nitrogens is 2. The van der Waals surface area contributed by atoms with Gasteiger partial charge in [0.05, 0.1) is 6.54 Å². The molecule has 9 heteroatoms. The van der Waals surface area contributed by atoms with Crippen LogP contribution in [0.25, 0.3) is 0 Å². The first-order chi connectivity index (χ1) is 17.9. The van der Waals surface area contributed by atoms with Crippen LogP contribution in [0, 0.1) is 0 Å². The van der Waals surface area contributed by atoms with Crippen molar-refractivity contribution in [3.63, 3.8) is 0 Å². The number of Topliss-reactive ketones (excluding diaryl/α,β-unsaturated/α-hetero) is 1. The first-order valence-corrected chi connectivity index (χ1v) is 11.5. The molecule has 1 aromatic heterocycles. The van der Waals surface area contributed by atoms with Gasteiger partial charge in [-0.05, 0) is 23.3 Å². The Hall–Kier alpha value is -4.92. The van der Waals surface area contributed by atoms with E-state index in [4.69, 9.17) is 15.2 Å². The molecule has 0 aliphatic rings. The van der Waals surface area contributed by atoms with Crippen molar-refractivity contribution in [1.29, 1.82) is 0 Å². The van der Waals surface area contributed by atoms with Crippen molar-refractivity contribution >= 4 is 17.6 Å². The summed E-state index contributed by atoms with van der Waals surface area (Å²) in [4.78, 5) is 51.2. The number of nitrogens with zero attached hydrogens (tertiary/aromatic N) is 2. The number of ether oxygens (including phenoxy) is 2. The minimum atomic E-state index is -0.862. The van der Waals surface area contributed by atoms with E-state index < -0.39 is 35.2 Å². The van der Waals surface area contributed by atoms with Gasteiger partial charge in [-0.3, -0.25) is 18.7 Å². The Morgan fingerprint density at radius 2 is 1.43 bits per heavy atom. The molecular formula is C28H25N3O6. The first-order valence-electron chi connectivity index (χ1n) is 11.5. The lowest BCUT2D eigenvalue weighted by Gasteiger charge is -2.15. The molecule has 188 valence electrons. The number of nitrogens with two attached hydrogens (primary N) is 1. The highest BCUT2D eigenvalue weighted by molar-refractivity contribution is 6.02. The average Bonchev–Trinajstić information content (AvgIpc) is 2.93. The summed E-state index contributed by atoms with van der Waals surface area (Å²) in [6, 6.07) is 24.9. The molecule has 37 heavy (non-hydrogen) atoms. The fourth-order valence-electron chi connectivity index (χ4n) is 3.74. The molecule has 0 radical (unpaired) electrons. The molecule has 0 saturated carbocycles. The highest BCUT2D eigenvalue weighted by Gasteiger charge is 2.24. The third-order valence-electron chi connectivity index (χ3n) is 5.72. The fraction of sp³-hybridized carbons (Fsp3) is 0.143.